The maximum Gasteiger partial charge on any atom is 0.258 e. The molecule has 0 unspecified atom stereocenters. The van der Waals surface area contributed by atoms with Crippen molar-refractivity contribution in [2.24, 2.45) is 5.92 Å². The highest BCUT2D eigenvalue weighted by atomic mass is 16.5. The second kappa shape index (κ2) is 6.39. The van der Waals surface area contributed by atoms with E-state index in [0.29, 0.717) is 29.9 Å². The highest BCUT2D eigenvalue weighted by molar-refractivity contribution is 5.58. The van der Waals surface area contributed by atoms with Crippen LogP contribution in [0, 0.1) is 5.92 Å². The summed E-state index contributed by atoms with van der Waals surface area (Å²) in [5, 5.41) is 3.96. The highest BCUT2D eigenvalue weighted by Crippen LogP contribution is 2.23. The molecule has 5 nitrogen and oxygen atoms in total. The summed E-state index contributed by atoms with van der Waals surface area (Å²) in [5.41, 5.74) is 1.54. The fourth-order valence-corrected chi connectivity index (χ4v) is 1.90. The van der Waals surface area contributed by atoms with E-state index < -0.39 is 0 Å². The van der Waals surface area contributed by atoms with Gasteiger partial charge in [0, 0.05) is 11.8 Å². The van der Waals surface area contributed by atoms with E-state index in [0.717, 1.165) is 11.3 Å². The Morgan fingerprint density at radius 2 is 1.91 bits per heavy atom. The molecule has 0 atom stereocenters. The summed E-state index contributed by atoms with van der Waals surface area (Å²) in [6, 6.07) is 13.2. The first-order chi connectivity index (χ1) is 10.7. The van der Waals surface area contributed by atoms with Crippen LogP contribution in [0.15, 0.2) is 53.2 Å². The molecule has 0 spiro atoms. The Bertz CT molecular complexity index is 721. The summed E-state index contributed by atoms with van der Waals surface area (Å²) < 4.78 is 11.0. The van der Waals surface area contributed by atoms with Gasteiger partial charge in [0.1, 0.15) is 11.4 Å². The van der Waals surface area contributed by atoms with Crippen LogP contribution in [0.25, 0.3) is 23.0 Å². The van der Waals surface area contributed by atoms with Gasteiger partial charge in [-0.1, -0.05) is 25.1 Å². The molecule has 0 fully saturated rings. The number of aromatic nitrogens is 3. The number of ether oxygens (including phenoxy) is 1. The number of pyridine rings is 1. The van der Waals surface area contributed by atoms with Crippen LogP contribution in [-0.2, 0) is 0 Å². The van der Waals surface area contributed by atoms with E-state index in [1.54, 1.807) is 6.20 Å². The molecule has 0 amide bonds. The number of hydrogen-bond acceptors (Lipinski definition) is 5. The first kappa shape index (κ1) is 14.3. The molecular weight excluding hydrogens is 278 g/mol. The molecule has 0 aliphatic carbocycles. The van der Waals surface area contributed by atoms with E-state index in [4.69, 9.17) is 9.26 Å². The van der Waals surface area contributed by atoms with Gasteiger partial charge in [0.2, 0.25) is 5.82 Å². The van der Waals surface area contributed by atoms with Crippen LogP contribution in [0.2, 0.25) is 0 Å². The number of rotatable bonds is 5. The molecular formula is C17H17N3O2. The molecule has 0 N–H and O–H groups in total. The lowest BCUT2D eigenvalue weighted by Gasteiger charge is -2.08. The molecule has 0 saturated heterocycles. The summed E-state index contributed by atoms with van der Waals surface area (Å²) in [5.74, 6) is 2.28. The second-order valence-electron chi connectivity index (χ2n) is 5.37. The number of hydrogen-bond donors (Lipinski definition) is 0. The van der Waals surface area contributed by atoms with Gasteiger partial charge in [-0.05, 0) is 42.3 Å². The predicted molar refractivity (Wildman–Crippen MR) is 83.3 cm³/mol. The number of nitrogens with zero attached hydrogens (tertiary/aromatic N) is 3. The van der Waals surface area contributed by atoms with Gasteiger partial charge >= 0.3 is 0 Å². The monoisotopic (exact) mass is 295 g/mol. The maximum absolute atomic E-state index is 5.66. The van der Waals surface area contributed by atoms with Gasteiger partial charge in [-0.15, -0.1) is 0 Å². The Hall–Kier alpha value is -2.69. The molecule has 0 bridgehead atoms. The molecule has 3 rings (SSSR count). The SMILES string of the molecule is CC(C)COc1ccc(-c2nc(-c3ccccn3)no2)cc1. The molecule has 0 aliphatic heterocycles. The lowest BCUT2D eigenvalue weighted by atomic mass is 10.2. The Morgan fingerprint density at radius 1 is 1.09 bits per heavy atom. The van der Waals surface area contributed by atoms with Crippen LogP contribution in [0.4, 0.5) is 0 Å². The van der Waals surface area contributed by atoms with Gasteiger partial charge in [0.25, 0.3) is 5.89 Å². The molecule has 0 saturated carbocycles. The van der Waals surface area contributed by atoms with E-state index in [2.05, 4.69) is 29.0 Å². The van der Waals surface area contributed by atoms with Gasteiger partial charge in [-0.3, -0.25) is 4.98 Å². The van der Waals surface area contributed by atoms with Crippen molar-refractivity contribution < 1.29 is 9.26 Å². The molecule has 1 aromatic carbocycles. The highest BCUT2D eigenvalue weighted by Gasteiger charge is 2.11. The van der Waals surface area contributed by atoms with Crippen molar-refractivity contribution >= 4 is 0 Å². The minimum atomic E-state index is 0.469. The maximum atomic E-state index is 5.66. The van der Waals surface area contributed by atoms with Gasteiger partial charge in [0.05, 0.1) is 6.61 Å². The van der Waals surface area contributed by atoms with Crippen LogP contribution in [0.3, 0.4) is 0 Å². The first-order valence-corrected chi connectivity index (χ1v) is 7.21. The third-order valence-electron chi connectivity index (χ3n) is 3.00. The standard InChI is InChI=1S/C17H17N3O2/c1-12(2)11-21-14-8-6-13(7-9-14)17-19-16(20-22-17)15-5-3-4-10-18-15/h3-10,12H,11H2,1-2H3. The summed E-state index contributed by atoms with van der Waals surface area (Å²) in [7, 11) is 0. The Balaban J connectivity index is 1.76. The van der Waals surface area contributed by atoms with E-state index in [1.165, 1.54) is 0 Å². The lowest BCUT2D eigenvalue weighted by molar-refractivity contribution is 0.271. The molecule has 0 radical (unpaired) electrons. The van der Waals surface area contributed by atoms with Crippen molar-refractivity contribution in [3.05, 3.63) is 48.7 Å². The fraction of sp³-hybridized carbons (Fsp3) is 0.235. The second-order valence-corrected chi connectivity index (χ2v) is 5.37. The molecule has 112 valence electrons. The zero-order valence-electron chi connectivity index (χ0n) is 12.6. The zero-order chi connectivity index (χ0) is 15.4. The molecule has 3 aromatic rings. The van der Waals surface area contributed by atoms with E-state index >= 15 is 0 Å². The quantitative estimate of drug-likeness (QED) is 0.715. The predicted octanol–water partition coefficient (Wildman–Crippen LogP) is 3.83. The fourth-order valence-electron chi connectivity index (χ4n) is 1.90. The molecule has 22 heavy (non-hydrogen) atoms. The summed E-state index contributed by atoms with van der Waals surface area (Å²) in [4.78, 5) is 8.58. The Labute approximate surface area is 129 Å². The largest absolute Gasteiger partial charge is 0.493 e. The van der Waals surface area contributed by atoms with Gasteiger partial charge < -0.3 is 9.26 Å². The van der Waals surface area contributed by atoms with E-state index in [9.17, 15) is 0 Å². The lowest BCUT2D eigenvalue weighted by Crippen LogP contribution is -2.04. The average molecular weight is 295 g/mol. The topological polar surface area (TPSA) is 61.0 Å². The van der Waals surface area contributed by atoms with Crippen LogP contribution in [0.5, 0.6) is 5.75 Å². The minimum Gasteiger partial charge on any atom is -0.493 e. The molecule has 5 heteroatoms. The van der Waals surface area contributed by atoms with Gasteiger partial charge in [-0.2, -0.15) is 4.98 Å². The molecule has 0 aliphatic rings. The van der Waals surface area contributed by atoms with Crippen molar-refractivity contribution in [3.8, 4) is 28.7 Å². The summed E-state index contributed by atoms with van der Waals surface area (Å²) in [6.45, 7) is 4.93. The van der Waals surface area contributed by atoms with Crippen molar-refractivity contribution in [3.63, 3.8) is 0 Å². The van der Waals surface area contributed by atoms with Crippen LogP contribution in [-0.4, -0.2) is 21.7 Å². The Morgan fingerprint density at radius 3 is 2.59 bits per heavy atom. The van der Waals surface area contributed by atoms with Gasteiger partial charge in [0.15, 0.2) is 0 Å². The smallest absolute Gasteiger partial charge is 0.258 e. The Kier molecular flexibility index (Phi) is 4.14. The molecule has 2 heterocycles. The van der Waals surface area contributed by atoms with Crippen molar-refractivity contribution in [1.82, 2.24) is 15.1 Å². The average Bonchev–Trinajstić information content (AvgIpc) is 3.04. The normalized spacial score (nSPS) is 10.9. The van der Waals surface area contributed by atoms with Crippen LogP contribution < -0.4 is 4.74 Å². The van der Waals surface area contributed by atoms with Crippen LogP contribution >= 0.6 is 0 Å². The van der Waals surface area contributed by atoms with E-state index in [1.807, 2.05) is 42.5 Å². The summed E-state index contributed by atoms with van der Waals surface area (Å²) >= 11 is 0. The number of benzene rings is 1. The zero-order valence-corrected chi connectivity index (χ0v) is 12.6. The third-order valence-corrected chi connectivity index (χ3v) is 3.00. The van der Waals surface area contributed by atoms with Gasteiger partial charge in [-0.25, -0.2) is 0 Å². The van der Waals surface area contributed by atoms with Crippen molar-refractivity contribution in [2.75, 3.05) is 6.61 Å². The van der Waals surface area contributed by atoms with Crippen molar-refractivity contribution in [2.45, 2.75) is 13.8 Å². The minimum absolute atomic E-state index is 0.469. The van der Waals surface area contributed by atoms with E-state index in [-0.39, 0.29) is 0 Å². The molecule has 2 aromatic heterocycles. The first-order valence-electron chi connectivity index (χ1n) is 7.21. The third kappa shape index (κ3) is 3.31. The summed E-state index contributed by atoms with van der Waals surface area (Å²) in [6.07, 6.45) is 1.70. The van der Waals surface area contributed by atoms with Crippen molar-refractivity contribution in [1.29, 1.82) is 0 Å². The van der Waals surface area contributed by atoms with Crippen LogP contribution in [0.1, 0.15) is 13.8 Å².